The average Bonchev–Trinajstić information content (AvgIpc) is 2.73. The Balaban J connectivity index is 1.68. The van der Waals surface area contributed by atoms with Gasteiger partial charge < -0.3 is 49.6 Å². The highest BCUT2D eigenvalue weighted by molar-refractivity contribution is 5.13. The minimum absolute atomic E-state index is 0.151. The van der Waals surface area contributed by atoms with E-state index in [1.807, 2.05) is 30.3 Å². The molecule has 1 aromatic carbocycles. The summed E-state index contributed by atoms with van der Waals surface area (Å²) in [5.74, 6) is 0. The van der Waals surface area contributed by atoms with Crippen LogP contribution in [0.2, 0.25) is 0 Å². The van der Waals surface area contributed by atoms with Gasteiger partial charge in [-0.05, 0) is 12.5 Å². The summed E-state index contributed by atoms with van der Waals surface area (Å²) in [4.78, 5) is 0. The summed E-state index contributed by atoms with van der Waals surface area (Å²) in [7, 11) is 0. The normalized spacial score (nSPS) is 43.3. The first-order chi connectivity index (χ1) is 13.8. The Bertz CT molecular complexity index is 629. The molecule has 3 rings (SSSR count). The van der Waals surface area contributed by atoms with Gasteiger partial charge in [-0.1, -0.05) is 30.3 Å². The first kappa shape index (κ1) is 22.5. The largest absolute Gasteiger partial charge is 0.394 e. The van der Waals surface area contributed by atoms with Gasteiger partial charge in [0, 0.05) is 0 Å². The molecule has 0 spiro atoms. The lowest BCUT2D eigenvalue weighted by Crippen LogP contribution is -2.64. The van der Waals surface area contributed by atoms with Crippen LogP contribution in [-0.2, 0) is 25.6 Å². The summed E-state index contributed by atoms with van der Waals surface area (Å²) in [5.41, 5.74) is 0.855. The minimum atomic E-state index is -1.66. The molecular formula is C19H28O10. The highest BCUT2D eigenvalue weighted by atomic mass is 16.7. The van der Waals surface area contributed by atoms with Crippen molar-refractivity contribution in [1.82, 2.24) is 0 Å². The van der Waals surface area contributed by atoms with Crippen LogP contribution in [-0.4, -0.2) is 98.7 Å². The Morgan fingerprint density at radius 1 is 0.828 bits per heavy atom. The number of ether oxygens (including phenoxy) is 4. The van der Waals surface area contributed by atoms with Crippen molar-refractivity contribution in [2.75, 3.05) is 6.61 Å². The summed E-state index contributed by atoms with van der Waals surface area (Å²) in [6, 6.07) is 9.23. The standard InChI is InChI=1S/C19H28O10/c1-9-12(21)17(29-19-15(24)14(23)13(22)11(7-20)28-19)16(25)18(27-9)26-8-10-5-3-2-4-6-10/h2-6,9,11-25H,7-8H2,1H3/t9-,11-,12-,13-,14-,15-,16-,17+,18+,19-/m0/s1. The molecular weight excluding hydrogens is 388 g/mol. The van der Waals surface area contributed by atoms with Crippen molar-refractivity contribution in [2.45, 2.75) is 74.9 Å². The van der Waals surface area contributed by atoms with E-state index in [0.717, 1.165) is 5.56 Å². The van der Waals surface area contributed by atoms with Crippen molar-refractivity contribution < 1.29 is 49.6 Å². The molecule has 2 fully saturated rings. The summed E-state index contributed by atoms with van der Waals surface area (Å²) in [6.07, 6.45) is -13.4. The van der Waals surface area contributed by atoms with Gasteiger partial charge in [-0.2, -0.15) is 0 Å². The Kier molecular flexibility index (Phi) is 7.57. The van der Waals surface area contributed by atoms with Crippen LogP contribution in [0.1, 0.15) is 12.5 Å². The van der Waals surface area contributed by atoms with E-state index in [1.165, 1.54) is 0 Å². The van der Waals surface area contributed by atoms with Crippen LogP contribution < -0.4 is 0 Å². The fourth-order valence-corrected chi connectivity index (χ4v) is 3.38. The van der Waals surface area contributed by atoms with Crippen LogP contribution in [0.5, 0.6) is 0 Å². The van der Waals surface area contributed by atoms with Crippen LogP contribution in [0.25, 0.3) is 0 Å². The van der Waals surface area contributed by atoms with Gasteiger partial charge in [0.25, 0.3) is 0 Å². The summed E-state index contributed by atoms with van der Waals surface area (Å²) in [6.45, 7) is 1.10. The van der Waals surface area contributed by atoms with Crippen molar-refractivity contribution in [3.05, 3.63) is 35.9 Å². The zero-order valence-electron chi connectivity index (χ0n) is 15.9. The van der Waals surface area contributed by atoms with Crippen molar-refractivity contribution >= 4 is 0 Å². The van der Waals surface area contributed by atoms with Gasteiger partial charge in [0.1, 0.15) is 42.7 Å². The van der Waals surface area contributed by atoms with Crippen LogP contribution >= 0.6 is 0 Å². The molecule has 10 heteroatoms. The molecule has 164 valence electrons. The topological polar surface area (TPSA) is 158 Å². The van der Waals surface area contributed by atoms with Crippen LogP contribution in [0.4, 0.5) is 0 Å². The number of rotatable bonds is 6. The predicted octanol–water partition coefficient (Wildman–Crippen LogP) is -2.15. The maximum absolute atomic E-state index is 10.6. The number of hydrogen-bond donors (Lipinski definition) is 6. The van der Waals surface area contributed by atoms with E-state index in [0.29, 0.717) is 0 Å². The lowest BCUT2D eigenvalue weighted by Gasteiger charge is -2.45. The summed E-state index contributed by atoms with van der Waals surface area (Å²) in [5, 5.41) is 60.2. The molecule has 0 unspecified atom stereocenters. The van der Waals surface area contributed by atoms with E-state index in [-0.39, 0.29) is 6.61 Å². The number of aliphatic hydroxyl groups is 6. The molecule has 2 aliphatic heterocycles. The quantitative estimate of drug-likeness (QED) is 0.302. The zero-order chi connectivity index (χ0) is 21.1. The van der Waals surface area contributed by atoms with Crippen molar-refractivity contribution in [3.8, 4) is 0 Å². The lowest BCUT2D eigenvalue weighted by atomic mass is 9.97. The summed E-state index contributed by atoms with van der Waals surface area (Å²) >= 11 is 0. The van der Waals surface area contributed by atoms with Gasteiger partial charge in [-0.15, -0.1) is 0 Å². The molecule has 0 aliphatic carbocycles. The van der Waals surface area contributed by atoms with Gasteiger partial charge in [0.15, 0.2) is 12.6 Å². The third-order valence-electron chi connectivity index (χ3n) is 5.18. The molecule has 0 bridgehead atoms. The zero-order valence-corrected chi connectivity index (χ0v) is 15.9. The van der Waals surface area contributed by atoms with Crippen LogP contribution in [0.3, 0.4) is 0 Å². The molecule has 0 aromatic heterocycles. The van der Waals surface area contributed by atoms with E-state index in [4.69, 9.17) is 18.9 Å². The molecule has 29 heavy (non-hydrogen) atoms. The predicted molar refractivity (Wildman–Crippen MR) is 96.2 cm³/mol. The average molecular weight is 416 g/mol. The number of hydrogen-bond acceptors (Lipinski definition) is 10. The summed E-state index contributed by atoms with van der Waals surface area (Å²) < 4.78 is 22.0. The second-order valence-electron chi connectivity index (χ2n) is 7.29. The van der Waals surface area contributed by atoms with Crippen LogP contribution in [0.15, 0.2) is 30.3 Å². The second-order valence-corrected chi connectivity index (χ2v) is 7.29. The third-order valence-corrected chi connectivity index (χ3v) is 5.18. The minimum Gasteiger partial charge on any atom is -0.394 e. The maximum Gasteiger partial charge on any atom is 0.187 e. The molecule has 2 aliphatic rings. The molecule has 10 nitrogen and oxygen atoms in total. The molecule has 6 N–H and O–H groups in total. The van der Waals surface area contributed by atoms with Gasteiger partial charge in [-0.3, -0.25) is 0 Å². The maximum atomic E-state index is 10.6. The SMILES string of the molecule is C[C@@H]1O[C@@H](OCc2ccccc2)[C@@H](O)[C@H](O[C@@H]2O[C@@H](CO)[C@H](O)[C@H](O)[C@@H]2O)[C@H]1O. The molecule has 10 atom stereocenters. The Morgan fingerprint density at radius 2 is 1.52 bits per heavy atom. The highest BCUT2D eigenvalue weighted by Gasteiger charge is 2.50. The first-order valence-corrected chi connectivity index (χ1v) is 9.46. The van der Waals surface area contributed by atoms with E-state index < -0.39 is 68.0 Å². The molecule has 2 saturated heterocycles. The highest BCUT2D eigenvalue weighted by Crippen LogP contribution is 2.29. The van der Waals surface area contributed by atoms with Gasteiger partial charge in [-0.25, -0.2) is 0 Å². The smallest absolute Gasteiger partial charge is 0.187 e. The van der Waals surface area contributed by atoms with Gasteiger partial charge in [0.05, 0.1) is 19.3 Å². The number of benzene rings is 1. The number of aliphatic hydroxyl groups excluding tert-OH is 6. The third kappa shape index (κ3) is 4.94. The molecule has 2 heterocycles. The fourth-order valence-electron chi connectivity index (χ4n) is 3.38. The Labute approximate surface area is 167 Å². The molecule has 1 aromatic rings. The molecule has 0 radical (unpaired) electrons. The van der Waals surface area contributed by atoms with E-state index in [2.05, 4.69) is 0 Å². The monoisotopic (exact) mass is 416 g/mol. The second kappa shape index (κ2) is 9.75. The van der Waals surface area contributed by atoms with E-state index in [9.17, 15) is 30.6 Å². The first-order valence-electron chi connectivity index (χ1n) is 9.46. The van der Waals surface area contributed by atoms with Gasteiger partial charge in [0.2, 0.25) is 0 Å². The van der Waals surface area contributed by atoms with E-state index >= 15 is 0 Å². The lowest BCUT2D eigenvalue weighted by molar-refractivity contribution is -0.358. The molecule has 0 saturated carbocycles. The van der Waals surface area contributed by atoms with Gasteiger partial charge >= 0.3 is 0 Å². The van der Waals surface area contributed by atoms with Crippen molar-refractivity contribution in [3.63, 3.8) is 0 Å². The van der Waals surface area contributed by atoms with Crippen molar-refractivity contribution in [2.24, 2.45) is 0 Å². The van der Waals surface area contributed by atoms with Crippen molar-refractivity contribution in [1.29, 1.82) is 0 Å². The molecule has 0 amide bonds. The van der Waals surface area contributed by atoms with E-state index in [1.54, 1.807) is 6.92 Å². The Hall–Kier alpha value is -1.18. The van der Waals surface area contributed by atoms with Crippen LogP contribution in [0, 0.1) is 0 Å². The fraction of sp³-hybridized carbons (Fsp3) is 0.684. The Morgan fingerprint density at radius 3 is 2.17 bits per heavy atom.